The Morgan fingerprint density at radius 2 is 1.39 bits per heavy atom. The second-order valence-corrected chi connectivity index (χ2v) is 8.99. The van der Waals surface area contributed by atoms with Gasteiger partial charge in [0.1, 0.15) is 11.2 Å². The van der Waals surface area contributed by atoms with Gasteiger partial charge in [0.15, 0.2) is 0 Å². The minimum Gasteiger partial charge on any atom is -0.464 e. The number of furan rings is 1. The third kappa shape index (κ3) is 2.54. The molecule has 2 nitrogen and oxygen atoms in total. The Bertz CT molecular complexity index is 1490. The van der Waals surface area contributed by atoms with Gasteiger partial charge in [0.05, 0.1) is 6.26 Å². The average Bonchev–Trinajstić information content (AvgIpc) is 3.33. The molecule has 0 aliphatic heterocycles. The van der Waals surface area contributed by atoms with Crippen molar-refractivity contribution in [1.29, 1.82) is 0 Å². The maximum absolute atomic E-state index is 12.5. The Kier molecular flexibility index (Phi) is 4.16. The zero-order valence-corrected chi connectivity index (χ0v) is 18.6. The van der Waals surface area contributed by atoms with Crippen LogP contribution in [-0.4, -0.2) is 5.11 Å². The van der Waals surface area contributed by atoms with Crippen LogP contribution in [0.5, 0.6) is 0 Å². The van der Waals surface area contributed by atoms with Crippen molar-refractivity contribution in [2.24, 2.45) is 0 Å². The number of aliphatic hydroxyl groups is 1. The first kappa shape index (κ1) is 18.9. The maximum atomic E-state index is 12.5. The molecule has 4 aromatic carbocycles. The molecule has 0 bridgehead atoms. The molecule has 1 heterocycles. The van der Waals surface area contributed by atoms with Crippen molar-refractivity contribution in [3.63, 3.8) is 0 Å². The van der Waals surface area contributed by atoms with Crippen LogP contribution in [0.25, 0.3) is 33.2 Å². The van der Waals surface area contributed by atoms with Crippen molar-refractivity contribution < 1.29 is 9.52 Å². The molecule has 1 N–H and O–H groups in total. The number of rotatable bonds is 2. The topological polar surface area (TPSA) is 33.4 Å². The van der Waals surface area contributed by atoms with Gasteiger partial charge in [0, 0.05) is 48.3 Å². The fourth-order valence-corrected chi connectivity index (χ4v) is 5.68. The number of hydrogen-bond donors (Lipinski definition) is 1. The van der Waals surface area contributed by atoms with Crippen LogP contribution in [0.1, 0.15) is 16.7 Å². The van der Waals surface area contributed by atoms with E-state index < -0.39 is 5.60 Å². The van der Waals surface area contributed by atoms with Crippen LogP contribution >= 0.6 is 27.5 Å². The van der Waals surface area contributed by atoms with Gasteiger partial charge in [-0.15, -0.1) is 0 Å². The number of hydrogen-bond acceptors (Lipinski definition) is 2. The van der Waals surface area contributed by atoms with E-state index in [1.807, 2.05) is 84.9 Å². The number of fused-ring (bicyclic) bond motifs is 4. The third-order valence-electron chi connectivity index (χ3n) is 6.14. The van der Waals surface area contributed by atoms with Gasteiger partial charge in [0.2, 0.25) is 0 Å². The fourth-order valence-electron chi connectivity index (χ4n) is 4.82. The van der Waals surface area contributed by atoms with Gasteiger partial charge in [-0.05, 0) is 23.8 Å². The van der Waals surface area contributed by atoms with Gasteiger partial charge in [-0.25, -0.2) is 0 Å². The van der Waals surface area contributed by atoms with Crippen LogP contribution in [0, 0.1) is 0 Å². The summed E-state index contributed by atoms with van der Waals surface area (Å²) < 4.78 is 6.77. The summed E-state index contributed by atoms with van der Waals surface area (Å²) in [5.74, 6) is 0. The van der Waals surface area contributed by atoms with Crippen LogP contribution in [-0.2, 0) is 5.60 Å². The molecule has 1 aliphatic carbocycles. The molecule has 150 valence electrons. The Balaban J connectivity index is 1.73. The minimum absolute atomic E-state index is 0.568. The van der Waals surface area contributed by atoms with Gasteiger partial charge in [-0.2, -0.15) is 0 Å². The molecule has 6 rings (SSSR count). The normalized spacial score (nSPS) is 17.0. The van der Waals surface area contributed by atoms with E-state index in [2.05, 4.69) is 15.9 Å². The average molecular weight is 488 g/mol. The molecule has 1 atom stereocenters. The molecule has 31 heavy (non-hydrogen) atoms. The Morgan fingerprint density at radius 3 is 2.26 bits per heavy atom. The van der Waals surface area contributed by atoms with Crippen molar-refractivity contribution in [2.45, 2.75) is 5.60 Å². The lowest BCUT2D eigenvalue weighted by atomic mass is 9.80. The summed E-state index contributed by atoms with van der Waals surface area (Å²) in [7, 11) is 0. The van der Waals surface area contributed by atoms with Crippen LogP contribution < -0.4 is 0 Å². The van der Waals surface area contributed by atoms with Gasteiger partial charge in [-0.3, -0.25) is 0 Å². The first-order chi connectivity index (χ1) is 15.1. The summed E-state index contributed by atoms with van der Waals surface area (Å²) >= 11 is 10.5. The minimum atomic E-state index is -1.35. The van der Waals surface area contributed by atoms with Gasteiger partial charge in [-0.1, -0.05) is 94.3 Å². The van der Waals surface area contributed by atoms with Crippen LogP contribution in [0.3, 0.4) is 0 Å². The van der Waals surface area contributed by atoms with Gasteiger partial charge < -0.3 is 9.52 Å². The van der Waals surface area contributed by atoms with E-state index >= 15 is 0 Å². The zero-order valence-electron chi connectivity index (χ0n) is 16.3. The molecule has 0 spiro atoms. The Hall–Kier alpha value is -2.85. The summed E-state index contributed by atoms with van der Waals surface area (Å²) in [4.78, 5) is 0. The maximum Gasteiger partial charge on any atom is 0.142 e. The number of benzene rings is 4. The Labute approximate surface area is 192 Å². The fraction of sp³-hybridized carbons (Fsp3) is 0.0370. The van der Waals surface area contributed by atoms with E-state index in [0.717, 1.165) is 54.4 Å². The van der Waals surface area contributed by atoms with E-state index in [9.17, 15) is 5.11 Å². The van der Waals surface area contributed by atoms with E-state index in [-0.39, 0.29) is 0 Å². The summed E-state index contributed by atoms with van der Waals surface area (Å²) in [5, 5.41) is 14.0. The monoisotopic (exact) mass is 486 g/mol. The molecule has 1 unspecified atom stereocenters. The highest BCUT2D eigenvalue weighted by Gasteiger charge is 2.45. The molecule has 5 aromatic rings. The van der Waals surface area contributed by atoms with Crippen molar-refractivity contribution in [1.82, 2.24) is 0 Å². The Morgan fingerprint density at radius 1 is 0.710 bits per heavy atom. The predicted molar refractivity (Wildman–Crippen MR) is 128 cm³/mol. The summed E-state index contributed by atoms with van der Waals surface area (Å²) in [6, 6.07) is 27.5. The van der Waals surface area contributed by atoms with Crippen molar-refractivity contribution in [2.75, 3.05) is 0 Å². The van der Waals surface area contributed by atoms with E-state index in [0.29, 0.717) is 5.02 Å². The van der Waals surface area contributed by atoms with Gasteiger partial charge >= 0.3 is 0 Å². The summed E-state index contributed by atoms with van der Waals surface area (Å²) in [6.45, 7) is 0. The predicted octanol–water partition coefficient (Wildman–Crippen LogP) is 7.78. The lowest BCUT2D eigenvalue weighted by Gasteiger charge is -2.29. The molecular weight excluding hydrogens is 472 g/mol. The van der Waals surface area contributed by atoms with Crippen LogP contribution in [0.2, 0.25) is 5.02 Å². The molecule has 0 saturated heterocycles. The third-order valence-corrected chi connectivity index (χ3v) is 7.12. The quantitative estimate of drug-likeness (QED) is 0.276. The smallest absolute Gasteiger partial charge is 0.142 e. The number of para-hydroxylation sites is 1. The molecule has 0 fully saturated rings. The lowest BCUT2D eigenvalue weighted by Crippen LogP contribution is -2.27. The molecule has 1 aliphatic rings. The van der Waals surface area contributed by atoms with E-state index in [1.165, 1.54) is 0 Å². The molecule has 0 amide bonds. The molecule has 0 radical (unpaired) electrons. The van der Waals surface area contributed by atoms with Crippen molar-refractivity contribution in [3.05, 3.63) is 117 Å². The van der Waals surface area contributed by atoms with E-state index in [4.69, 9.17) is 16.0 Å². The zero-order chi connectivity index (χ0) is 21.2. The lowest BCUT2D eigenvalue weighted by molar-refractivity contribution is 0.131. The first-order valence-electron chi connectivity index (χ1n) is 9.97. The molecule has 1 aromatic heterocycles. The SMILES string of the molecule is OC1(c2cccc(Cl)c2-c2coc3ccccc23)c2ccccc2-c2c(Br)cccc21. The second-order valence-electron chi connectivity index (χ2n) is 7.73. The second kappa shape index (κ2) is 6.83. The van der Waals surface area contributed by atoms with Gasteiger partial charge in [0.25, 0.3) is 0 Å². The largest absolute Gasteiger partial charge is 0.464 e. The summed E-state index contributed by atoms with van der Waals surface area (Å²) in [5.41, 5.74) is 5.49. The molecule has 4 heteroatoms. The number of halogens is 2. The molecule has 0 saturated carbocycles. The van der Waals surface area contributed by atoms with Crippen LogP contribution in [0.15, 0.2) is 100 Å². The van der Waals surface area contributed by atoms with Crippen molar-refractivity contribution >= 4 is 38.5 Å². The van der Waals surface area contributed by atoms with E-state index in [1.54, 1.807) is 6.26 Å². The standard InChI is InChI=1S/C27H16BrClO2/c28-22-12-5-10-20-25(22)17-8-1-3-9-19(17)27(20,30)21-11-6-13-23(29)26(21)18-15-31-24-14-4-2-7-16(18)24/h1-15,30H. The highest BCUT2D eigenvalue weighted by molar-refractivity contribution is 9.10. The summed E-state index contributed by atoms with van der Waals surface area (Å²) in [6.07, 6.45) is 1.72. The molecular formula is C27H16BrClO2. The highest BCUT2D eigenvalue weighted by Crippen LogP contribution is 2.55. The first-order valence-corrected chi connectivity index (χ1v) is 11.1. The van der Waals surface area contributed by atoms with Crippen LogP contribution in [0.4, 0.5) is 0 Å². The van der Waals surface area contributed by atoms with Crippen molar-refractivity contribution in [3.8, 4) is 22.3 Å². The highest BCUT2D eigenvalue weighted by atomic mass is 79.9.